The maximum absolute atomic E-state index is 6.04. The van der Waals surface area contributed by atoms with Gasteiger partial charge in [-0.15, -0.1) is 11.3 Å². The van der Waals surface area contributed by atoms with E-state index >= 15 is 0 Å². The van der Waals surface area contributed by atoms with Crippen molar-refractivity contribution < 1.29 is 4.42 Å². The van der Waals surface area contributed by atoms with Crippen molar-refractivity contribution in [3.8, 4) is 11.1 Å². The van der Waals surface area contributed by atoms with Crippen molar-refractivity contribution >= 4 is 81.7 Å². The lowest BCUT2D eigenvalue weighted by Gasteiger charge is -2.24. The number of fused-ring (bicyclic) bond motifs is 7. The van der Waals surface area contributed by atoms with Gasteiger partial charge in [0.15, 0.2) is 5.58 Å². The predicted molar refractivity (Wildman–Crippen MR) is 180 cm³/mol. The minimum Gasteiger partial charge on any atom is -0.453 e. The monoisotopic (exact) mass is 569 g/mol. The van der Waals surface area contributed by atoms with Crippen molar-refractivity contribution in [3.05, 3.63) is 140 Å². The lowest BCUT2D eigenvalue weighted by atomic mass is 10.0. The standard InChI is InChI=1S/C38H23N3OS/c1-2-10-28-25(8-1)9-7-13-32(28)41(38-39-23-34-37(40-38)30-12-3-5-14-33(30)42-34)27-19-16-24(17-20-27)26-18-21-36-31(22-26)29-11-4-6-15-35(29)43-36/h1-23H. The number of benzene rings is 6. The molecule has 0 spiro atoms. The van der Waals surface area contributed by atoms with E-state index in [0.29, 0.717) is 11.5 Å². The Morgan fingerprint density at radius 3 is 2.19 bits per heavy atom. The van der Waals surface area contributed by atoms with Crippen LogP contribution < -0.4 is 4.90 Å². The molecule has 0 atom stereocenters. The molecule has 0 amide bonds. The maximum atomic E-state index is 6.04. The van der Waals surface area contributed by atoms with Gasteiger partial charge in [-0.3, -0.25) is 4.90 Å². The van der Waals surface area contributed by atoms with Gasteiger partial charge in [-0.25, -0.2) is 9.97 Å². The molecule has 3 heterocycles. The summed E-state index contributed by atoms with van der Waals surface area (Å²) in [6, 6.07) is 46.9. The molecule has 43 heavy (non-hydrogen) atoms. The van der Waals surface area contributed by atoms with E-state index in [4.69, 9.17) is 14.4 Å². The number of rotatable bonds is 4. The number of thiophene rings is 1. The minimum atomic E-state index is 0.592. The zero-order valence-electron chi connectivity index (χ0n) is 22.9. The third kappa shape index (κ3) is 3.90. The molecule has 0 unspecified atom stereocenters. The van der Waals surface area contributed by atoms with Crippen molar-refractivity contribution in [1.29, 1.82) is 0 Å². The zero-order chi connectivity index (χ0) is 28.3. The van der Waals surface area contributed by atoms with Gasteiger partial charge in [0, 0.05) is 36.6 Å². The van der Waals surface area contributed by atoms with Crippen LogP contribution in [-0.4, -0.2) is 9.97 Å². The van der Waals surface area contributed by atoms with Crippen LogP contribution in [0.1, 0.15) is 0 Å². The van der Waals surface area contributed by atoms with Gasteiger partial charge in [0.2, 0.25) is 5.95 Å². The molecule has 0 aliphatic carbocycles. The van der Waals surface area contributed by atoms with E-state index in [-0.39, 0.29) is 0 Å². The molecule has 4 nitrogen and oxygen atoms in total. The highest BCUT2D eigenvalue weighted by Crippen LogP contribution is 2.40. The first-order valence-electron chi connectivity index (χ1n) is 14.2. The second kappa shape index (κ2) is 9.51. The van der Waals surface area contributed by atoms with Crippen molar-refractivity contribution in [1.82, 2.24) is 9.97 Å². The summed E-state index contributed by atoms with van der Waals surface area (Å²) >= 11 is 1.84. The average molecular weight is 570 g/mol. The molecule has 0 saturated carbocycles. The fraction of sp³-hybridized carbons (Fsp3) is 0. The van der Waals surface area contributed by atoms with E-state index in [1.165, 1.54) is 25.7 Å². The summed E-state index contributed by atoms with van der Waals surface area (Å²) in [5, 5.41) is 5.87. The predicted octanol–water partition coefficient (Wildman–Crippen LogP) is 11.0. The normalized spacial score (nSPS) is 11.7. The van der Waals surface area contributed by atoms with E-state index < -0.39 is 0 Å². The summed E-state index contributed by atoms with van der Waals surface area (Å²) in [7, 11) is 0. The molecule has 0 aliphatic heterocycles. The Hall–Kier alpha value is -5.52. The largest absolute Gasteiger partial charge is 0.453 e. The van der Waals surface area contributed by atoms with Gasteiger partial charge in [0.05, 0.1) is 11.9 Å². The molecule has 0 radical (unpaired) electrons. The van der Waals surface area contributed by atoms with E-state index in [1.807, 2.05) is 35.6 Å². The summed E-state index contributed by atoms with van der Waals surface area (Å²) in [6.45, 7) is 0. The highest BCUT2D eigenvalue weighted by atomic mass is 32.1. The Morgan fingerprint density at radius 1 is 0.558 bits per heavy atom. The second-order valence-corrected chi connectivity index (χ2v) is 11.8. The molecule has 0 N–H and O–H groups in total. The molecule has 9 rings (SSSR count). The molecular weight excluding hydrogens is 547 g/mol. The maximum Gasteiger partial charge on any atom is 0.235 e. The van der Waals surface area contributed by atoms with Gasteiger partial charge >= 0.3 is 0 Å². The topological polar surface area (TPSA) is 42.2 Å². The van der Waals surface area contributed by atoms with Crippen molar-refractivity contribution in [2.24, 2.45) is 0 Å². The Bertz CT molecular complexity index is 2470. The summed E-state index contributed by atoms with van der Waals surface area (Å²) in [5.74, 6) is 0.592. The first-order chi connectivity index (χ1) is 21.3. The van der Waals surface area contributed by atoms with E-state index in [1.54, 1.807) is 6.20 Å². The zero-order valence-corrected chi connectivity index (χ0v) is 23.8. The average Bonchev–Trinajstić information content (AvgIpc) is 3.63. The fourth-order valence-corrected chi connectivity index (χ4v) is 7.17. The van der Waals surface area contributed by atoms with Crippen molar-refractivity contribution in [2.75, 3.05) is 4.90 Å². The van der Waals surface area contributed by atoms with Crippen molar-refractivity contribution in [2.45, 2.75) is 0 Å². The molecule has 0 saturated heterocycles. The van der Waals surface area contributed by atoms with Gasteiger partial charge in [-0.1, -0.05) is 84.9 Å². The molecule has 0 fully saturated rings. The molecule has 9 aromatic rings. The number of hydrogen-bond donors (Lipinski definition) is 0. The lowest BCUT2D eigenvalue weighted by Crippen LogP contribution is -2.13. The molecule has 0 aliphatic rings. The Balaban J connectivity index is 1.20. The van der Waals surface area contributed by atoms with Gasteiger partial charge in [-0.2, -0.15) is 0 Å². The molecule has 0 bridgehead atoms. The van der Waals surface area contributed by atoms with Crippen LogP contribution >= 0.6 is 11.3 Å². The van der Waals surface area contributed by atoms with Crippen LogP contribution in [-0.2, 0) is 0 Å². The van der Waals surface area contributed by atoms with E-state index in [9.17, 15) is 0 Å². The lowest BCUT2D eigenvalue weighted by molar-refractivity contribution is 0.665. The molecule has 5 heteroatoms. The van der Waals surface area contributed by atoms with Crippen LogP contribution in [0.4, 0.5) is 17.3 Å². The summed E-state index contributed by atoms with van der Waals surface area (Å²) in [4.78, 5) is 12.0. The van der Waals surface area contributed by atoms with Crippen molar-refractivity contribution in [3.63, 3.8) is 0 Å². The third-order valence-corrected chi connectivity index (χ3v) is 9.30. The SMILES string of the molecule is c1ccc2c(N(c3ccc(-c4ccc5sc6ccccc6c5c4)cc3)c3ncc4oc5ccccc5c4n3)cccc2c1. The highest BCUT2D eigenvalue weighted by Gasteiger charge is 2.20. The van der Waals surface area contributed by atoms with Gasteiger partial charge < -0.3 is 4.42 Å². The number of hydrogen-bond acceptors (Lipinski definition) is 5. The summed E-state index contributed by atoms with van der Waals surface area (Å²) in [6.07, 6.45) is 1.78. The summed E-state index contributed by atoms with van der Waals surface area (Å²) < 4.78 is 8.67. The van der Waals surface area contributed by atoms with Crippen LogP contribution in [0.2, 0.25) is 0 Å². The van der Waals surface area contributed by atoms with E-state index in [0.717, 1.165) is 44.2 Å². The number of furan rings is 1. The van der Waals surface area contributed by atoms with Gasteiger partial charge in [-0.05, 0) is 65.0 Å². The third-order valence-electron chi connectivity index (χ3n) is 8.15. The van der Waals surface area contributed by atoms with Crippen LogP contribution in [0.15, 0.2) is 144 Å². The molecule has 3 aromatic heterocycles. The molecule has 202 valence electrons. The Kier molecular flexibility index (Phi) is 5.33. The smallest absolute Gasteiger partial charge is 0.235 e. The molecular formula is C38H23N3OS. The van der Waals surface area contributed by atoms with Gasteiger partial charge in [0.25, 0.3) is 0 Å². The highest BCUT2D eigenvalue weighted by molar-refractivity contribution is 7.25. The number of nitrogens with zero attached hydrogens (tertiary/aromatic N) is 3. The van der Waals surface area contributed by atoms with Crippen LogP contribution in [0.5, 0.6) is 0 Å². The quantitative estimate of drug-likeness (QED) is 0.211. The minimum absolute atomic E-state index is 0.592. The number of aromatic nitrogens is 2. The number of para-hydroxylation sites is 1. The first kappa shape index (κ1) is 24.1. The van der Waals surface area contributed by atoms with E-state index in [2.05, 4.69) is 114 Å². The Morgan fingerprint density at radius 2 is 1.28 bits per heavy atom. The fourth-order valence-electron chi connectivity index (χ4n) is 6.08. The van der Waals surface area contributed by atoms with Gasteiger partial charge in [0.1, 0.15) is 11.1 Å². The second-order valence-electron chi connectivity index (χ2n) is 10.7. The van der Waals surface area contributed by atoms with Crippen LogP contribution in [0.3, 0.4) is 0 Å². The number of anilines is 3. The first-order valence-corrected chi connectivity index (χ1v) is 15.1. The molecule has 6 aromatic carbocycles. The van der Waals surface area contributed by atoms with Crippen LogP contribution in [0.25, 0.3) is 64.1 Å². The Labute approximate surface area is 251 Å². The van der Waals surface area contributed by atoms with Crippen LogP contribution in [0, 0.1) is 0 Å². The summed E-state index contributed by atoms with van der Waals surface area (Å²) in [5.41, 5.74) is 6.64.